The SMILES string of the molecule is O=C(CCS(=O)(=O)c1ccccc1)NC[C@H]1CCOc2ccccc2C1. The van der Waals surface area contributed by atoms with Gasteiger partial charge in [0.25, 0.3) is 0 Å². The van der Waals surface area contributed by atoms with Gasteiger partial charge in [0.15, 0.2) is 9.84 Å². The van der Waals surface area contributed by atoms with Gasteiger partial charge in [-0.05, 0) is 42.5 Å². The highest BCUT2D eigenvalue weighted by atomic mass is 32.2. The fraction of sp³-hybridized carbons (Fsp3) is 0.350. The van der Waals surface area contributed by atoms with E-state index in [1.165, 1.54) is 0 Å². The molecule has 0 bridgehead atoms. The molecule has 1 atom stereocenters. The average molecular weight is 373 g/mol. The van der Waals surface area contributed by atoms with Crippen molar-refractivity contribution in [3.8, 4) is 5.75 Å². The minimum atomic E-state index is -3.43. The summed E-state index contributed by atoms with van der Waals surface area (Å²) in [4.78, 5) is 12.3. The number of fused-ring (bicyclic) bond motifs is 1. The van der Waals surface area contributed by atoms with E-state index >= 15 is 0 Å². The third-order valence-corrected chi connectivity index (χ3v) is 6.28. The quantitative estimate of drug-likeness (QED) is 0.845. The molecule has 2 aromatic carbocycles. The Bertz CT molecular complexity index is 849. The smallest absolute Gasteiger partial charge is 0.221 e. The van der Waals surface area contributed by atoms with Gasteiger partial charge in [-0.1, -0.05) is 36.4 Å². The number of sulfone groups is 1. The number of hydrogen-bond donors (Lipinski definition) is 1. The van der Waals surface area contributed by atoms with Gasteiger partial charge in [0.2, 0.25) is 5.91 Å². The summed E-state index contributed by atoms with van der Waals surface area (Å²) >= 11 is 0. The summed E-state index contributed by atoms with van der Waals surface area (Å²) in [6.07, 6.45) is 1.67. The second-order valence-corrected chi connectivity index (χ2v) is 8.61. The second-order valence-electron chi connectivity index (χ2n) is 6.50. The lowest BCUT2D eigenvalue weighted by Gasteiger charge is -2.14. The lowest BCUT2D eigenvalue weighted by atomic mass is 9.97. The minimum Gasteiger partial charge on any atom is -0.493 e. The van der Waals surface area contributed by atoms with Crippen LogP contribution in [-0.2, 0) is 21.1 Å². The van der Waals surface area contributed by atoms with Crippen molar-refractivity contribution in [1.82, 2.24) is 5.32 Å². The van der Waals surface area contributed by atoms with Gasteiger partial charge in [-0.25, -0.2) is 8.42 Å². The van der Waals surface area contributed by atoms with Crippen LogP contribution < -0.4 is 10.1 Å². The number of rotatable bonds is 6. The van der Waals surface area contributed by atoms with Crippen LogP contribution in [0.15, 0.2) is 59.5 Å². The molecule has 26 heavy (non-hydrogen) atoms. The summed E-state index contributed by atoms with van der Waals surface area (Å²) in [7, 11) is -3.43. The average Bonchev–Trinajstić information content (AvgIpc) is 2.87. The van der Waals surface area contributed by atoms with Gasteiger partial charge in [-0.3, -0.25) is 4.79 Å². The van der Waals surface area contributed by atoms with Gasteiger partial charge < -0.3 is 10.1 Å². The highest BCUT2D eigenvalue weighted by Crippen LogP contribution is 2.26. The molecule has 1 N–H and O–H groups in total. The van der Waals surface area contributed by atoms with E-state index in [-0.39, 0.29) is 28.9 Å². The van der Waals surface area contributed by atoms with Crippen LogP contribution in [0.4, 0.5) is 0 Å². The zero-order valence-electron chi connectivity index (χ0n) is 14.6. The van der Waals surface area contributed by atoms with E-state index in [4.69, 9.17) is 4.74 Å². The standard InChI is InChI=1S/C20H23NO4S/c22-20(11-13-26(23,24)18-7-2-1-3-8-18)21-15-16-10-12-25-19-9-5-4-6-17(19)14-16/h1-9,16H,10-15H2,(H,21,22)/t16-/m0/s1. The molecule has 138 valence electrons. The molecule has 6 heteroatoms. The van der Waals surface area contributed by atoms with E-state index < -0.39 is 9.84 Å². The molecular formula is C20H23NO4S. The molecule has 0 saturated carbocycles. The first-order chi connectivity index (χ1) is 12.5. The normalized spacial score (nSPS) is 16.8. The van der Waals surface area contributed by atoms with Crippen LogP contribution in [0.1, 0.15) is 18.4 Å². The largest absolute Gasteiger partial charge is 0.493 e. The predicted molar refractivity (Wildman–Crippen MR) is 99.9 cm³/mol. The van der Waals surface area contributed by atoms with Crippen LogP contribution in [-0.4, -0.2) is 33.2 Å². The summed E-state index contributed by atoms with van der Waals surface area (Å²) in [5.74, 6) is 0.783. The van der Waals surface area contributed by atoms with Gasteiger partial charge >= 0.3 is 0 Å². The number of carbonyl (C=O) groups excluding carboxylic acids is 1. The molecule has 0 radical (unpaired) electrons. The van der Waals surface area contributed by atoms with Crippen LogP contribution >= 0.6 is 0 Å². The van der Waals surface area contributed by atoms with Crippen molar-refractivity contribution in [1.29, 1.82) is 0 Å². The number of nitrogens with one attached hydrogen (secondary N) is 1. The fourth-order valence-corrected chi connectivity index (χ4v) is 4.32. The first-order valence-electron chi connectivity index (χ1n) is 8.80. The van der Waals surface area contributed by atoms with E-state index in [2.05, 4.69) is 5.32 Å². The van der Waals surface area contributed by atoms with Gasteiger partial charge in [-0.15, -0.1) is 0 Å². The molecule has 0 spiro atoms. The number of carbonyl (C=O) groups is 1. The molecule has 1 aliphatic heterocycles. The molecule has 0 unspecified atom stereocenters. The first kappa shape index (κ1) is 18.5. The number of amides is 1. The van der Waals surface area contributed by atoms with E-state index in [9.17, 15) is 13.2 Å². The lowest BCUT2D eigenvalue weighted by molar-refractivity contribution is -0.120. The summed E-state index contributed by atoms with van der Waals surface area (Å²) in [6.45, 7) is 1.15. The molecule has 2 aromatic rings. The zero-order chi connectivity index (χ0) is 18.4. The third kappa shape index (κ3) is 4.85. The maximum absolute atomic E-state index is 12.2. The Kier molecular flexibility index (Phi) is 5.93. The molecule has 1 amide bonds. The van der Waals surface area contributed by atoms with E-state index in [1.54, 1.807) is 30.3 Å². The summed E-state index contributed by atoms with van der Waals surface area (Å²) in [5.41, 5.74) is 1.15. The highest BCUT2D eigenvalue weighted by molar-refractivity contribution is 7.91. The topological polar surface area (TPSA) is 72.5 Å². The van der Waals surface area contributed by atoms with Crippen molar-refractivity contribution < 1.29 is 17.9 Å². The lowest BCUT2D eigenvalue weighted by Crippen LogP contribution is -2.31. The Morgan fingerprint density at radius 3 is 2.62 bits per heavy atom. The summed E-state index contributed by atoms with van der Waals surface area (Å²) in [5, 5.41) is 2.88. The Balaban J connectivity index is 1.49. The Morgan fingerprint density at radius 1 is 1.08 bits per heavy atom. The first-order valence-corrected chi connectivity index (χ1v) is 10.4. The summed E-state index contributed by atoms with van der Waals surface area (Å²) in [6, 6.07) is 16.2. The van der Waals surface area contributed by atoms with Gasteiger partial charge in [0.05, 0.1) is 17.3 Å². The molecule has 0 fully saturated rings. The van der Waals surface area contributed by atoms with Crippen molar-refractivity contribution in [2.75, 3.05) is 18.9 Å². The van der Waals surface area contributed by atoms with Crippen LogP contribution in [0.5, 0.6) is 5.75 Å². The van der Waals surface area contributed by atoms with E-state index in [0.29, 0.717) is 13.2 Å². The number of hydrogen-bond acceptors (Lipinski definition) is 4. The number of ether oxygens (including phenoxy) is 1. The van der Waals surface area contributed by atoms with Crippen molar-refractivity contribution in [3.63, 3.8) is 0 Å². The number of para-hydroxylation sites is 1. The van der Waals surface area contributed by atoms with Crippen molar-refractivity contribution >= 4 is 15.7 Å². The molecule has 0 saturated heterocycles. The zero-order valence-corrected chi connectivity index (χ0v) is 15.4. The minimum absolute atomic E-state index is 0.0307. The molecule has 0 aliphatic carbocycles. The van der Waals surface area contributed by atoms with Crippen molar-refractivity contribution in [3.05, 3.63) is 60.2 Å². The second kappa shape index (κ2) is 8.36. The van der Waals surface area contributed by atoms with E-state index in [0.717, 1.165) is 24.2 Å². The van der Waals surface area contributed by atoms with Gasteiger partial charge in [0, 0.05) is 13.0 Å². The Labute approximate surface area is 154 Å². The van der Waals surface area contributed by atoms with Crippen LogP contribution in [0.25, 0.3) is 0 Å². The molecule has 1 heterocycles. The van der Waals surface area contributed by atoms with Crippen LogP contribution in [0.2, 0.25) is 0 Å². The number of benzene rings is 2. The maximum atomic E-state index is 12.2. The van der Waals surface area contributed by atoms with Gasteiger partial charge in [-0.2, -0.15) is 0 Å². The van der Waals surface area contributed by atoms with Gasteiger partial charge in [0.1, 0.15) is 5.75 Å². The monoisotopic (exact) mass is 373 g/mol. The summed E-state index contributed by atoms with van der Waals surface area (Å²) < 4.78 is 30.2. The maximum Gasteiger partial charge on any atom is 0.221 e. The molecule has 1 aliphatic rings. The highest BCUT2D eigenvalue weighted by Gasteiger charge is 2.19. The van der Waals surface area contributed by atoms with E-state index in [1.807, 2.05) is 24.3 Å². The van der Waals surface area contributed by atoms with Crippen molar-refractivity contribution in [2.45, 2.75) is 24.2 Å². The molecule has 0 aromatic heterocycles. The molecule has 3 rings (SSSR count). The molecule has 5 nitrogen and oxygen atoms in total. The Hall–Kier alpha value is -2.34. The fourth-order valence-electron chi connectivity index (χ4n) is 3.06. The predicted octanol–water partition coefficient (Wildman–Crippen LogP) is 2.61. The molecular weight excluding hydrogens is 350 g/mol. The van der Waals surface area contributed by atoms with Crippen LogP contribution in [0, 0.1) is 5.92 Å². The van der Waals surface area contributed by atoms with Crippen molar-refractivity contribution in [2.24, 2.45) is 5.92 Å². The third-order valence-electron chi connectivity index (χ3n) is 4.55. The Morgan fingerprint density at radius 2 is 1.81 bits per heavy atom. The van der Waals surface area contributed by atoms with Crippen LogP contribution in [0.3, 0.4) is 0 Å².